The lowest BCUT2D eigenvalue weighted by atomic mass is 10.2. The molecule has 7 heteroatoms. The van der Waals surface area contributed by atoms with Gasteiger partial charge < -0.3 is 10.4 Å². The number of aromatic hydroxyl groups is 1. The van der Waals surface area contributed by atoms with Crippen LogP contribution in [0, 0.1) is 0 Å². The third-order valence-corrected chi connectivity index (χ3v) is 3.05. The summed E-state index contributed by atoms with van der Waals surface area (Å²) < 4.78 is 0. The molecule has 0 atom stereocenters. The molecule has 0 unspecified atom stereocenters. The second-order valence-electron chi connectivity index (χ2n) is 3.63. The molecule has 1 heterocycles. The molecular weight excluding hydrogens is 311 g/mol. The van der Waals surface area contributed by atoms with Gasteiger partial charge in [0, 0.05) is 11.2 Å². The highest BCUT2D eigenvalue weighted by Gasteiger charge is 2.13. The van der Waals surface area contributed by atoms with Crippen molar-refractivity contribution in [1.29, 1.82) is 0 Å². The lowest BCUT2D eigenvalue weighted by Gasteiger charge is -2.09. The Balaban J connectivity index is 2.29. The summed E-state index contributed by atoms with van der Waals surface area (Å²) in [6.45, 7) is 0. The summed E-state index contributed by atoms with van der Waals surface area (Å²) in [5, 5.41) is 12.6. The van der Waals surface area contributed by atoms with Gasteiger partial charge in [-0.05, 0) is 18.2 Å². The summed E-state index contributed by atoms with van der Waals surface area (Å²) >= 11 is 17.7. The minimum Gasteiger partial charge on any atom is -0.506 e. The van der Waals surface area contributed by atoms with Crippen LogP contribution in [0.15, 0.2) is 30.6 Å². The summed E-state index contributed by atoms with van der Waals surface area (Å²) in [6.07, 6.45) is 2.53. The van der Waals surface area contributed by atoms with Crippen LogP contribution in [0.25, 0.3) is 0 Å². The number of nitrogens with one attached hydrogen (secondary N) is 1. The van der Waals surface area contributed by atoms with Crippen molar-refractivity contribution in [3.63, 3.8) is 0 Å². The number of halogens is 3. The van der Waals surface area contributed by atoms with Gasteiger partial charge >= 0.3 is 0 Å². The smallest absolute Gasteiger partial charge is 0.257 e. The van der Waals surface area contributed by atoms with Crippen LogP contribution in [-0.2, 0) is 0 Å². The van der Waals surface area contributed by atoms with Gasteiger partial charge in [0.2, 0.25) is 0 Å². The van der Waals surface area contributed by atoms with E-state index in [1.54, 1.807) is 0 Å². The maximum atomic E-state index is 11.9. The maximum Gasteiger partial charge on any atom is 0.257 e. The third kappa shape index (κ3) is 3.29. The monoisotopic (exact) mass is 316 g/mol. The Bertz CT molecular complexity index is 624. The van der Waals surface area contributed by atoms with Crippen molar-refractivity contribution in [2.75, 3.05) is 5.32 Å². The van der Waals surface area contributed by atoms with Crippen molar-refractivity contribution in [3.05, 3.63) is 51.2 Å². The first-order chi connectivity index (χ1) is 8.97. The highest BCUT2D eigenvalue weighted by molar-refractivity contribution is 6.42. The maximum absolute atomic E-state index is 11.9. The molecule has 1 aromatic carbocycles. The van der Waals surface area contributed by atoms with Gasteiger partial charge in [0.25, 0.3) is 5.91 Å². The topological polar surface area (TPSA) is 62.2 Å². The highest BCUT2D eigenvalue weighted by atomic mass is 35.5. The Morgan fingerprint density at radius 3 is 2.32 bits per heavy atom. The van der Waals surface area contributed by atoms with Crippen LogP contribution in [0.5, 0.6) is 5.75 Å². The molecule has 98 valence electrons. The molecule has 0 radical (unpaired) electrons. The molecule has 0 fully saturated rings. The summed E-state index contributed by atoms with van der Waals surface area (Å²) in [6, 6.07) is 4.21. The van der Waals surface area contributed by atoms with Gasteiger partial charge in [0.15, 0.2) is 0 Å². The summed E-state index contributed by atoms with van der Waals surface area (Å²) in [5.41, 5.74) is 0.433. The first-order valence-corrected chi connectivity index (χ1v) is 6.20. The molecule has 0 aliphatic heterocycles. The predicted molar refractivity (Wildman–Crippen MR) is 75.3 cm³/mol. The van der Waals surface area contributed by atoms with E-state index in [1.165, 1.54) is 30.6 Å². The minimum atomic E-state index is -0.491. The molecule has 2 N–H and O–H groups in total. The van der Waals surface area contributed by atoms with E-state index in [2.05, 4.69) is 10.3 Å². The number of nitrogens with zero attached hydrogens (tertiary/aromatic N) is 1. The van der Waals surface area contributed by atoms with E-state index in [1.807, 2.05) is 0 Å². The van der Waals surface area contributed by atoms with Crippen molar-refractivity contribution < 1.29 is 9.90 Å². The third-order valence-electron chi connectivity index (χ3n) is 2.23. The Hall–Kier alpha value is -1.49. The standard InChI is InChI=1S/C12H7Cl3N2O2/c13-7-2-9(14)11(10(15)3-7)17-12(19)6-1-8(18)5-16-4-6/h1-5,18H,(H,17,19). The van der Waals surface area contributed by atoms with E-state index in [0.717, 1.165) is 0 Å². The number of hydrogen-bond donors (Lipinski definition) is 2. The second-order valence-corrected chi connectivity index (χ2v) is 4.88. The van der Waals surface area contributed by atoms with Crippen molar-refractivity contribution in [3.8, 4) is 5.75 Å². The molecule has 2 rings (SSSR count). The number of rotatable bonds is 2. The molecule has 0 aliphatic rings. The number of carbonyl (C=O) groups excluding carboxylic acids is 1. The molecule has 0 bridgehead atoms. The van der Waals surface area contributed by atoms with E-state index >= 15 is 0 Å². The van der Waals surface area contributed by atoms with Crippen molar-refractivity contribution in [2.24, 2.45) is 0 Å². The van der Waals surface area contributed by atoms with E-state index < -0.39 is 5.91 Å². The van der Waals surface area contributed by atoms with Crippen LogP contribution < -0.4 is 5.32 Å². The van der Waals surface area contributed by atoms with Gasteiger partial charge in [-0.15, -0.1) is 0 Å². The molecule has 19 heavy (non-hydrogen) atoms. The van der Waals surface area contributed by atoms with Gasteiger partial charge in [-0.3, -0.25) is 9.78 Å². The molecule has 1 aromatic heterocycles. The van der Waals surface area contributed by atoms with Crippen LogP contribution in [0.4, 0.5) is 5.69 Å². The SMILES string of the molecule is O=C(Nc1c(Cl)cc(Cl)cc1Cl)c1cncc(O)c1. The van der Waals surface area contributed by atoms with Crippen molar-refractivity contribution in [2.45, 2.75) is 0 Å². The molecule has 4 nitrogen and oxygen atoms in total. The summed E-state index contributed by atoms with van der Waals surface area (Å²) in [4.78, 5) is 15.7. The fraction of sp³-hybridized carbons (Fsp3) is 0. The molecule has 0 aliphatic carbocycles. The van der Waals surface area contributed by atoms with Crippen LogP contribution in [0.3, 0.4) is 0 Å². The normalized spacial score (nSPS) is 10.3. The van der Waals surface area contributed by atoms with Gasteiger partial charge in [0.05, 0.1) is 27.5 Å². The van der Waals surface area contributed by atoms with Crippen LogP contribution >= 0.6 is 34.8 Å². The number of anilines is 1. The molecular formula is C12H7Cl3N2O2. The zero-order chi connectivity index (χ0) is 14.0. The number of aromatic nitrogens is 1. The number of benzene rings is 1. The summed E-state index contributed by atoms with van der Waals surface area (Å²) in [7, 11) is 0. The average molecular weight is 318 g/mol. The zero-order valence-electron chi connectivity index (χ0n) is 9.32. The molecule has 0 saturated heterocycles. The first kappa shape index (κ1) is 13.9. The van der Waals surface area contributed by atoms with Crippen molar-refractivity contribution >= 4 is 46.4 Å². The number of pyridine rings is 1. The van der Waals surface area contributed by atoms with E-state index in [-0.39, 0.29) is 27.0 Å². The van der Waals surface area contributed by atoms with Gasteiger partial charge in [-0.1, -0.05) is 34.8 Å². The van der Waals surface area contributed by atoms with Gasteiger partial charge in [0.1, 0.15) is 5.75 Å². The lowest BCUT2D eigenvalue weighted by Crippen LogP contribution is -2.12. The Morgan fingerprint density at radius 1 is 1.11 bits per heavy atom. The van der Waals surface area contributed by atoms with E-state index in [4.69, 9.17) is 34.8 Å². The average Bonchev–Trinajstić information content (AvgIpc) is 2.33. The first-order valence-electron chi connectivity index (χ1n) is 5.07. The van der Waals surface area contributed by atoms with Crippen LogP contribution in [0.2, 0.25) is 15.1 Å². The number of amides is 1. The molecule has 2 aromatic rings. The van der Waals surface area contributed by atoms with Crippen LogP contribution in [0.1, 0.15) is 10.4 Å². The molecule has 1 amide bonds. The van der Waals surface area contributed by atoms with Gasteiger partial charge in [-0.2, -0.15) is 0 Å². The fourth-order valence-corrected chi connectivity index (χ4v) is 2.31. The summed E-state index contributed by atoms with van der Waals surface area (Å²) in [5.74, 6) is -0.601. The number of hydrogen-bond acceptors (Lipinski definition) is 3. The molecule has 0 saturated carbocycles. The van der Waals surface area contributed by atoms with Crippen molar-refractivity contribution in [1.82, 2.24) is 4.98 Å². The molecule has 0 spiro atoms. The van der Waals surface area contributed by atoms with E-state index in [9.17, 15) is 9.90 Å². The zero-order valence-corrected chi connectivity index (χ0v) is 11.6. The van der Waals surface area contributed by atoms with Gasteiger partial charge in [-0.25, -0.2) is 0 Å². The Kier molecular flexibility index (Phi) is 4.14. The Morgan fingerprint density at radius 2 is 1.74 bits per heavy atom. The largest absolute Gasteiger partial charge is 0.506 e. The second kappa shape index (κ2) is 5.65. The minimum absolute atomic E-state index is 0.110. The van der Waals surface area contributed by atoms with E-state index in [0.29, 0.717) is 5.02 Å². The Labute approximate surface area is 123 Å². The quantitative estimate of drug-likeness (QED) is 0.880. The highest BCUT2D eigenvalue weighted by Crippen LogP contribution is 2.33. The predicted octanol–water partition coefficient (Wildman–Crippen LogP) is 4.00. The fourth-order valence-electron chi connectivity index (χ4n) is 1.40. The lowest BCUT2D eigenvalue weighted by molar-refractivity contribution is 0.102. The van der Waals surface area contributed by atoms with Crippen LogP contribution in [-0.4, -0.2) is 16.0 Å². The number of carbonyl (C=O) groups is 1.